The molecule has 8 heteroatoms. The standard InChI is InChI=1S/C20H18F4N2O2/c1-27-12-7-8-13(15(21)10-12)18(19(11-28-19)20(22,23)24)26-17-6-2-5-16-14(17)4-3-9-25-16/h2-8,10,18,25-26H,9,11H2,1H3. The summed E-state index contributed by atoms with van der Waals surface area (Å²) in [4.78, 5) is 0. The molecule has 2 N–H and O–H groups in total. The van der Waals surface area contributed by atoms with Crippen LogP contribution in [0, 0.1) is 5.82 Å². The molecule has 2 heterocycles. The van der Waals surface area contributed by atoms with Gasteiger partial charge >= 0.3 is 6.18 Å². The molecule has 0 aromatic heterocycles. The average molecular weight is 394 g/mol. The number of hydrogen-bond acceptors (Lipinski definition) is 4. The summed E-state index contributed by atoms with van der Waals surface area (Å²) < 4.78 is 66.0. The number of halogens is 4. The molecule has 0 bridgehead atoms. The highest BCUT2D eigenvalue weighted by Gasteiger charge is 2.71. The van der Waals surface area contributed by atoms with Gasteiger partial charge in [-0.15, -0.1) is 0 Å². The van der Waals surface area contributed by atoms with E-state index in [2.05, 4.69) is 10.6 Å². The van der Waals surface area contributed by atoms with Crippen molar-refractivity contribution in [3.05, 3.63) is 59.4 Å². The Bertz CT molecular complexity index is 923. The fraction of sp³-hybridized carbons (Fsp3) is 0.300. The number of anilines is 2. The fourth-order valence-electron chi connectivity index (χ4n) is 3.41. The number of hydrogen-bond donors (Lipinski definition) is 2. The number of alkyl halides is 3. The molecule has 2 aromatic rings. The van der Waals surface area contributed by atoms with Crippen LogP contribution in [0.4, 0.5) is 28.9 Å². The molecule has 0 spiro atoms. The monoisotopic (exact) mass is 394 g/mol. The number of methoxy groups -OCH3 is 1. The third kappa shape index (κ3) is 3.07. The molecule has 4 nitrogen and oxygen atoms in total. The van der Waals surface area contributed by atoms with E-state index in [9.17, 15) is 17.6 Å². The largest absolute Gasteiger partial charge is 0.497 e. The van der Waals surface area contributed by atoms with Crippen LogP contribution >= 0.6 is 0 Å². The van der Waals surface area contributed by atoms with Gasteiger partial charge in [0.1, 0.15) is 11.6 Å². The molecule has 4 rings (SSSR count). The number of rotatable bonds is 5. The predicted molar refractivity (Wildman–Crippen MR) is 98.0 cm³/mol. The summed E-state index contributed by atoms with van der Waals surface area (Å²) in [5.41, 5.74) is -0.664. The summed E-state index contributed by atoms with van der Waals surface area (Å²) in [6.07, 6.45) is -0.979. The Morgan fingerprint density at radius 3 is 2.68 bits per heavy atom. The van der Waals surface area contributed by atoms with E-state index >= 15 is 0 Å². The maximum Gasteiger partial charge on any atom is 0.422 e. The van der Waals surface area contributed by atoms with Crippen LogP contribution in [0.3, 0.4) is 0 Å². The number of nitrogens with one attached hydrogen (secondary N) is 2. The first kappa shape index (κ1) is 18.6. The predicted octanol–water partition coefficient (Wildman–Crippen LogP) is 4.76. The lowest BCUT2D eigenvalue weighted by Crippen LogP contribution is -2.42. The minimum Gasteiger partial charge on any atom is -0.497 e. The summed E-state index contributed by atoms with van der Waals surface area (Å²) in [7, 11) is 1.36. The van der Waals surface area contributed by atoms with E-state index in [1.165, 1.54) is 19.2 Å². The lowest BCUT2D eigenvalue weighted by molar-refractivity contribution is -0.188. The Hall–Kier alpha value is -2.74. The zero-order chi connectivity index (χ0) is 19.9. The van der Waals surface area contributed by atoms with E-state index in [1.807, 2.05) is 18.2 Å². The van der Waals surface area contributed by atoms with E-state index in [-0.39, 0.29) is 11.3 Å². The Balaban J connectivity index is 1.79. The van der Waals surface area contributed by atoms with Gasteiger partial charge in [-0.2, -0.15) is 13.2 Å². The average Bonchev–Trinajstić information content (AvgIpc) is 3.48. The topological polar surface area (TPSA) is 45.8 Å². The molecular formula is C20H18F4N2O2. The van der Waals surface area contributed by atoms with E-state index in [1.54, 1.807) is 12.1 Å². The van der Waals surface area contributed by atoms with Crippen LogP contribution in [0.25, 0.3) is 6.08 Å². The van der Waals surface area contributed by atoms with Gasteiger partial charge in [0, 0.05) is 35.1 Å². The zero-order valence-corrected chi connectivity index (χ0v) is 14.9. The lowest BCUT2D eigenvalue weighted by atomic mass is 9.91. The molecule has 2 atom stereocenters. The van der Waals surface area contributed by atoms with Crippen molar-refractivity contribution in [1.82, 2.24) is 0 Å². The second-order valence-electron chi connectivity index (χ2n) is 6.69. The van der Waals surface area contributed by atoms with Crippen molar-refractivity contribution in [3.63, 3.8) is 0 Å². The van der Waals surface area contributed by atoms with Crippen molar-refractivity contribution >= 4 is 17.5 Å². The molecule has 1 fully saturated rings. The van der Waals surface area contributed by atoms with Gasteiger partial charge in [0.15, 0.2) is 0 Å². The van der Waals surface area contributed by atoms with E-state index < -0.39 is 30.2 Å². The minimum atomic E-state index is -4.67. The third-order valence-electron chi connectivity index (χ3n) is 5.02. The van der Waals surface area contributed by atoms with E-state index in [0.717, 1.165) is 11.8 Å². The van der Waals surface area contributed by atoms with E-state index in [4.69, 9.17) is 9.47 Å². The maximum absolute atomic E-state index is 14.7. The van der Waals surface area contributed by atoms with Crippen molar-refractivity contribution in [2.45, 2.75) is 17.8 Å². The second-order valence-corrected chi connectivity index (χ2v) is 6.69. The number of epoxide rings is 1. The molecule has 148 valence electrons. The number of fused-ring (bicyclic) bond motifs is 1. The highest BCUT2D eigenvalue weighted by Crippen LogP contribution is 2.53. The van der Waals surface area contributed by atoms with Crippen LogP contribution < -0.4 is 15.4 Å². The van der Waals surface area contributed by atoms with Crippen LogP contribution in [0.5, 0.6) is 5.75 Å². The molecule has 2 aromatic carbocycles. The van der Waals surface area contributed by atoms with Gasteiger partial charge in [-0.3, -0.25) is 0 Å². The van der Waals surface area contributed by atoms with Gasteiger partial charge in [-0.1, -0.05) is 24.3 Å². The maximum atomic E-state index is 14.7. The van der Waals surface area contributed by atoms with Crippen molar-refractivity contribution < 1.29 is 27.0 Å². The zero-order valence-electron chi connectivity index (χ0n) is 14.9. The van der Waals surface area contributed by atoms with Gasteiger partial charge in [0.05, 0.1) is 19.8 Å². The molecule has 0 radical (unpaired) electrons. The second kappa shape index (κ2) is 6.70. The Morgan fingerprint density at radius 2 is 2.04 bits per heavy atom. The van der Waals surface area contributed by atoms with Crippen molar-refractivity contribution in [1.29, 1.82) is 0 Å². The van der Waals surface area contributed by atoms with Gasteiger partial charge in [-0.25, -0.2) is 4.39 Å². The molecular weight excluding hydrogens is 376 g/mol. The molecule has 0 amide bonds. The molecule has 2 unspecified atom stereocenters. The summed E-state index contributed by atoms with van der Waals surface area (Å²) in [5, 5.41) is 6.05. The highest BCUT2D eigenvalue weighted by atomic mass is 19.4. The molecule has 0 saturated carbocycles. The van der Waals surface area contributed by atoms with E-state index in [0.29, 0.717) is 17.8 Å². The summed E-state index contributed by atoms with van der Waals surface area (Å²) in [6.45, 7) is 0.0886. The van der Waals surface area contributed by atoms with Gasteiger partial charge in [0.25, 0.3) is 0 Å². The van der Waals surface area contributed by atoms with Crippen LogP contribution in [-0.4, -0.2) is 32.0 Å². The Kier molecular flexibility index (Phi) is 4.45. The van der Waals surface area contributed by atoms with Gasteiger partial charge in [-0.05, 0) is 18.2 Å². The van der Waals surface area contributed by atoms with Gasteiger partial charge in [0.2, 0.25) is 5.60 Å². The van der Waals surface area contributed by atoms with Crippen molar-refractivity contribution in [2.24, 2.45) is 0 Å². The van der Waals surface area contributed by atoms with Crippen molar-refractivity contribution in [3.8, 4) is 5.75 Å². The normalized spacial score (nSPS) is 21.5. The SMILES string of the molecule is COc1ccc(C(Nc2cccc3c2C=CCN3)C2(C(F)(F)F)CO2)c(F)c1. The summed E-state index contributed by atoms with van der Waals surface area (Å²) in [5.74, 6) is -0.573. The fourth-order valence-corrected chi connectivity index (χ4v) is 3.41. The first-order chi connectivity index (χ1) is 13.4. The number of ether oxygens (including phenoxy) is 2. The molecule has 2 aliphatic rings. The smallest absolute Gasteiger partial charge is 0.422 e. The first-order valence-corrected chi connectivity index (χ1v) is 8.70. The minimum absolute atomic E-state index is 0.138. The highest BCUT2D eigenvalue weighted by molar-refractivity contribution is 5.80. The Labute approximate surface area is 159 Å². The molecule has 0 aliphatic carbocycles. The summed E-state index contributed by atoms with van der Waals surface area (Å²) >= 11 is 0. The molecule has 2 aliphatic heterocycles. The van der Waals surface area contributed by atoms with Crippen LogP contribution in [-0.2, 0) is 4.74 Å². The quantitative estimate of drug-likeness (QED) is 0.567. The lowest BCUT2D eigenvalue weighted by Gasteiger charge is -2.30. The van der Waals surface area contributed by atoms with Crippen LogP contribution in [0.15, 0.2) is 42.5 Å². The van der Waals surface area contributed by atoms with Crippen LogP contribution in [0.2, 0.25) is 0 Å². The molecule has 28 heavy (non-hydrogen) atoms. The molecule has 1 saturated heterocycles. The van der Waals surface area contributed by atoms with Crippen LogP contribution in [0.1, 0.15) is 17.2 Å². The third-order valence-corrected chi connectivity index (χ3v) is 5.02. The van der Waals surface area contributed by atoms with Crippen molar-refractivity contribution in [2.75, 3.05) is 30.9 Å². The number of benzene rings is 2. The van der Waals surface area contributed by atoms with Gasteiger partial charge < -0.3 is 20.1 Å². The first-order valence-electron chi connectivity index (χ1n) is 8.70. The Morgan fingerprint density at radius 1 is 1.25 bits per heavy atom. The summed E-state index contributed by atoms with van der Waals surface area (Å²) in [6, 6.07) is 7.56.